The molecule has 0 radical (unpaired) electrons. The van der Waals surface area contributed by atoms with Gasteiger partial charge in [0.1, 0.15) is 5.69 Å². The Morgan fingerprint density at radius 3 is 2.41 bits per heavy atom. The molecular weight excluding hydrogens is 394 g/mol. The van der Waals surface area contributed by atoms with E-state index >= 15 is 0 Å². The van der Waals surface area contributed by atoms with Crippen LogP contribution in [0.2, 0.25) is 5.02 Å². The Morgan fingerprint density at radius 2 is 1.76 bits per heavy atom. The summed E-state index contributed by atoms with van der Waals surface area (Å²) in [6.45, 7) is 3.51. The van der Waals surface area contributed by atoms with Gasteiger partial charge in [0, 0.05) is 16.0 Å². The number of ketones is 1. The predicted molar refractivity (Wildman–Crippen MR) is 109 cm³/mol. The van der Waals surface area contributed by atoms with E-state index in [9.17, 15) is 14.4 Å². The van der Waals surface area contributed by atoms with Crippen molar-refractivity contribution in [1.29, 1.82) is 0 Å². The van der Waals surface area contributed by atoms with Crippen LogP contribution in [0.25, 0.3) is 10.9 Å². The van der Waals surface area contributed by atoms with Gasteiger partial charge in [0.2, 0.25) is 5.78 Å². The third kappa shape index (κ3) is 4.32. The zero-order valence-electron chi connectivity index (χ0n) is 16.0. The van der Waals surface area contributed by atoms with E-state index in [-0.39, 0.29) is 30.3 Å². The first kappa shape index (κ1) is 20.6. The van der Waals surface area contributed by atoms with Gasteiger partial charge in [0.05, 0.1) is 12.1 Å². The molecule has 0 saturated heterocycles. The molecule has 0 aliphatic carbocycles. The number of H-pyrrole nitrogens is 1. The lowest BCUT2D eigenvalue weighted by Crippen LogP contribution is -2.29. The van der Waals surface area contributed by atoms with Crippen molar-refractivity contribution in [2.75, 3.05) is 6.61 Å². The molecule has 0 spiro atoms. The van der Waals surface area contributed by atoms with Gasteiger partial charge >= 0.3 is 11.9 Å². The van der Waals surface area contributed by atoms with Crippen molar-refractivity contribution in [3.05, 3.63) is 64.8 Å². The van der Waals surface area contributed by atoms with Crippen molar-refractivity contribution in [3.63, 3.8) is 0 Å². The number of hydrogen-bond acceptors (Lipinski definition) is 5. The van der Waals surface area contributed by atoms with Crippen molar-refractivity contribution in [3.8, 4) is 5.75 Å². The van der Waals surface area contributed by atoms with E-state index < -0.39 is 17.9 Å². The average Bonchev–Trinajstić information content (AvgIpc) is 3.06. The Morgan fingerprint density at radius 1 is 1.03 bits per heavy atom. The quantitative estimate of drug-likeness (QED) is 0.349. The summed E-state index contributed by atoms with van der Waals surface area (Å²) in [5.74, 6) is -2.78. The molecule has 0 fully saturated rings. The summed E-state index contributed by atoms with van der Waals surface area (Å²) in [7, 11) is 0. The molecule has 0 saturated carbocycles. The minimum Gasteiger partial charge on any atom is -0.465 e. The van der Waals surface area contributed by atoms with Gasteiger partial charge in [0.15, 0.2) is 11.7 Å². The van der Waals surface area contributed by atoms with Crippen LogP contribution in [0.3, 0.4) is 0 Å². The van der Waals surface area contributed by atoms with E-state index in [1.807, 2.05) is 0 Å². The van der Waals surface area contributed by atoms with E-state index in [1.165, 1.54) is 0 Å². The first-order valence-electron chi connectivity index (χ1n) is 9.25. The summed E-state index contributed by atoms with van der Waals surface area (Å²) in [6.07, 6.45) is 0.216. The Balaban J connectivity index is 2.04. The molecule has 0 amide bonds. The second-order valence-electron chi connectivity index (χ2n) is 6.35. The molecule has 1 unspecified atom stereocenters. The number of aromatic amines is 1. The van der Waals surface area contributed by atoms with Crippen LogP contribution in [-0.4, -0.2) is 29.3 Å². The summed E-state index contributed by atoms with van der Waals surface area (Å²) in [4.78, 5) is 40.8. The number of carbonyl (C=O) groups is 3. The minimum absolute atomic E-state index is 0.0678. The standard InChI is InChI=1S/C22H20ClNO5/c1-3-15(21(26)28-4-2)22(27)29-20-16-11-10-14(23)12-17(16)24-18(20)19(25)13-8-6-5-7-9-13/h5-12,15,24H,3-4H2,1-2H3. The SMILES string of the molecule is CCOC(=O)C(CC)C(=O)Oc1c(C(=O)c2ccccc2)[nH]c2cc(Cl)ccc12. The summed E-state index contributed by atoms with van der Waals surface area (Å²) in [5, 5.41) is 0.981. The molecule has 0 aliphatic rings. The van der Waals surface area contributed by atoms with Crippen LogP contribution in [0.15, 0.2) is 48.5 Å². The van der Waals surface area contributed by atoms with E-state index in [0.717, 1.165) is 0 Å². The molecule has 1 N–H and O–H groups in total. The molecule has 1 atom stereocenters. The maximum absolute atomic E-state index is 13.0. The lowest BCUT2D eigenvalue weighted by atomic mass is 10.1. The Bertz CT molecular complexity index is 1060. The van der Waals surface area contributed by atoms with Crippen LogP contribution >= 0.6 is 11.6 Å². The number of aromatic nitrogens is 1. The van der Waals surface area contributed by atoms with E-state index in [4.69, 9.17) is 21.1 Å². The van der Waals surface area contributed by atoms with E-state index in [1.54, 1.807) is 62.4 Å². The average molecular weight is 414 g/mol. The number of ether oxygens (including phenoxy) is 2. The van der Waals surface area contributed by atoms with Crippen molar-refractivity contribution in [2.24, 2.45) is 5.92 Å². The highest BCUT2D eigenvalue weighted by atomic mass is 35.5. The fourth-order valence-electron chi connectivity index (χ4n) is 2.99. The van der Waals surface area contributed by atoms with Gasteiger partial charge in [-0.05, 0) is 31.5 Å². The van der Waals surface area contributed by atoms with Crippen molar-refractivity contribution >= 4 is 40.2 Å². The van der Waals surface area contributed by atoms with Gasteiger partial charge in [-0.15, -0.1) is 0 Å². The molecule has 1 aromatic heterocycles. The third-order valence-electron chi connectivity index (χ3n) is 4.44. The second-order valence-corrected chi connectivity index (χ2v) is 6.78. The molecule has 6 nitrogen and oxygen atoms in total. The van der Waals surface area contributed by atoms with Crippen molar-refractivity contribution < 1.29 is 23.9 Å². The van der Waals surface area contributed by atoms with E-state index in [0.29, 0.717) is 21.5 Å². The van der Waals surface area contributed by atoms with Gasteiger partial charge in [-0.2, -0.15) is 0 Å². The first-order chi connectivity index (χ1) is 14.0. The number of carbonyl (C=O) groups excluding carboxylic acids is 3. The van der Waals surface area contributed by atoms with E-state index in [2.05, 4.69) is 4.98 Å². The maximum atomic E-state index is 13.0. The van der Waals surface area contributed by atoms with Gasteiger partial charge in [-0.1, -0.05) is 48.9 Å². The molecule has 0 bridgehead atoms. The smallest absolute Gasteiger partial charge is 0.325 e. The molecule has 150 valence electrons. The number of esters is 2. The van der Waals surface area contributed by atoms with Crippen LogP contribution in [-0.2, 0) is 14.3 Å². The zero-order valence-corrected chi connectivity index (χ0v) is 16.8. The van der Waals surface area contributed by atoms with Gasteiger partial charge in [-0.25, -0.2) is 0 Å². The zero-order chi connectivity index (χ0) is 21.0. The number of halogens is 1. The summed E-state index contributed by atoms with van der Waals surface area (Å²) >= 11 is 6.06. The summed E-state index contributed by atoms with van der Waals surface area (Å²) < 4.78 is 10.5. The predicted octanol–water partition coefficient (Wildman–Crippen LogP) is 4.55. The molecule has 3 aromatic rings. The largest absolute Gasteiger partial charge is 0.465 e. The Labute approximate surface area is 172 Å². The molecule has 0 aliphatic heterocycles. The van der Waals surface area contributed by atoms with Gasteiger partial charge in [0.25, 0.3) is 0 Å². The van der Waals surface area contributed by atoms with Crippen LogP contribution < -0.4 is 4.74 Å². The molecule has 7 heteroatoms. The molecule has 3 rings (SSSR count). The number of rotatable bonds is 7. The Hall–Kier alpha value is -3.12. The van der Waals surface area contributed by atoms with Gasteiger partial charge < -0.3 is 14.5 Å². The third-order valence-corrected chi connectivity index (χ3v) is 4.68. The second kappa shape index (κ2) is 8.92. The monoisotopic (exact) mass is 413 g/mol. The number of benzene rings is 2. The number of hydrogen-bond donors (Lipinski definition) is 1. The molecule has 2 aromatic carbocycles. The fourth-order valence-corrected chi connectivity index (χ4v) is 3.16. The van der Waals surface area contributed by atoms with Crippen LogP contribution in [0.5, 0.6) is 5.75 Å². The fraction of sp³-hybridized carbons (Fsp3) is 0.227. The normalized spacial score (nSPS) is 11.8. The van der Waals surface area contributed by atoms with Crippen molar-refractivity contribution in [2.45, 2.75) is 20.3 Å². The van der Waals surface area contributed by atoms with Crippen LogP contribution in [0.1, 0.15) is 36.3 Å². The maximum Gasteiger partial charge on any atom is 0.325 e. The van der Waals surface area contributed by atoms with Crippen LogP contribution in [0.4, 0.5) is 0 Å². The summed E-state index contributed by atoms with van der Waals surface area (Å²) in [6, 6.07) is 13.5. The first-order valence-corrected chi connectivity index (χ1v) is 9.63. The topological polar surface area (TPSA) is 85.5 Å². The molecule has 29 heavy (non-hydrogen) atoms. The minimum atomic E-state index is -1.08. The number of fused-ring (bicyclic) bond motifs is 1. The Kier molecular flexibility index (Phi) is 6.34. The van der Waals surface area contributed by atoms with Gasteiger partial charge in [-0.3, -0.25) is 14.4 Å². The molecular formula is C22H20ClNO5. The summed E-state index contributed by atoms with van der Waals surface area (Å²) in [5.41, 5.74) is 1.09. The van der Waals surface area contributed by atoms with Crippen LogP contribution in [0, 0.1) is 5.92 Å². The lowest BCUT2D eigenvalue weighted by Gasteiger charge is -2.13. The number of nitrogens with one attached hydrogen (secondary N) is 1. The lowest BCUT2D eigenvalue weighted by molar-refractivity contribution is -0.157. The highest BCUT2D eigenvalue weighted by Crippen LogP contribution is 2.34. The highest BCUT2D eigenvalue weighted by Gasteiger charge is 2.31. The highest BCUT2D eigenvalue weighted by molar-refractivity contribution is 6.31. The van der Waals surface area contributed by atoms with Crippen molar-refractivity contribution in [1.82, 2.24) is 4.98 Å². The molecule has 1 heterocycles.